The molecule has 1 saturated heterocycles. The van der Waals surface area contributed by atoms with Crippen LogP contribution < -0.4 is 9.64 Å². The Morgan fingerprint density at radius 1 is 1.05 bits per heavy atom. The Morgan fingerprint density at radius 3 is 2.59 bits per heavy atom. The van der Waals surface area contributed by atoms with Crippen molar-refractivity contribution in [2.45, 2.75) is 29.5 Å². The fraction of sp³-hybridized carbons (Fsp3) is 0.172. The molecule has 4 aromatic rings. The number of aromatic nitrogens is 2. The number of aliphatic hydroxyl groups excluding tert-OH is 1. The van der Waals surface area contributed by atoms with Crippen molar-refractivity contribution in [1.29, 1.82) is 0 Å². The molecule has 39 heavy (non-hydrogen) atoms. The highest BCUT2D eigenvalue weighted by atomic mass is 35.5. The van der Waals surface area contributed by atoms with Crippen LogP contribution in [0.4, 0.5) is 5.13 Å². The molecule has 0 saturated carbocycles. The zero-order chi connectivity index (χ0) is 27.4. The lowest BCUT2D eigenvalue weighted by atomic mass is 9.95. The average Bonchev–Trinajstić information content (AvgIpc) is 3.53. The van der Waals surface area contributed by atoms with E-state index in [0.717, 1.165) is 12.0 Å². The van der Waals surface area contributed by atoms with Crippen LogP contribution in [0.1, 0.15) is 36.1 Å². The van der Waals surface area contributed by atoms with Gasteiger partial charge in [-0.3, -0.25) is 14.5 Å². The number of benzene rings is 3. The van der Waals surface area contributed by atoms with Crippen molar-refractivity contribution >= 4 is 57.3 Å². The number of carbonyl (C=O) groups excluding carboxylic acids is 2. The van der Waals surface area contributed by atoms with Crippen molar-refractivity contribution in [2.24, 2.45) is 0 Å². The molecule has 7 nitrogen and oxygen atoms in total. The molecule has 0 radical (unpaired) electrons. The summed E-state index contributed by atoms with van der Waals surface area (Å²) in [6.07, 6.45) is 0.829. The van der Waals surface area contributed by atoms with E-state index >= 15 is 0 Å². The first-order valence-corrected chi connectivity index (χ1v) is 14.4. The molecule has 0 aliphatic carbocycles. The number of ketones is 1. The van der Waals surface area contributed by atoms with Crippen LogP contribution in [-0.2, 0) is 15.3 Å². The summed E-state index contributed by atoms with van der Waals surface area (Å²) < 4.78 is 6.43. The van der Waals surface area contributed by atoms with Gasteiger partial charge in [0.05, 0.1) is 18.2 Å². The van der Waals surface area contributed by atoms with E-state index in [1.54, 1.807) is 42.5 Å². The van der Waals surface area contributed by atoms with Crippen LogP contribution in [0.15, 0.2) is 88.8 Å². The van der Waals surface area contributed by atoms with Gasteiger partial charge in [-0.25, -0.2) is 0 Å². The third kappa shape index (κ3) is 5.71. The molecule has 1 unspecified atom stereocenters. The number of aliphatic hydroxyl groups is 1. The van der Waals surface area contributed by atoms with Gasteiger partial charge < -0.3 is 9.84 Å². The van der Waals surface area contributed by atoms with Gasteiger partial charge in [0.1, 0.15) is 11.5 Å². The molecular formula is C29H24ClN3O4S2. The maximum Gasteiger partial charge on any atom is 0.301 e. The van der Waals surface area contributed by atoms with E-state index < -0.39 is 17.7 Å². The van der Waals surface area contributed by atoms with Crippen LogP contribution in [0.3, 0.4) is 0 Å². The minimum atomic E-state index is -0.912. The summed E-state index contributed by atoms with van der Waals surface area (Å²) in [6, 6.07) is 22.5. The summed E-state index contributed by atoms with van der Waals surface area (Å²) in [6.45, 7) is 2.53. The standard InChI is InChI=1S/C29H24ClN3O4S2/c1-2-15-37-21-13-8-12-19(16-21)24-23(25(34)18-9-4-3-5-10-18)26(35)27(36)33(24)28-31-32-29(39-28)38-17-20-11-6-7-14-22(20)30/h3-14,16,24,34H,2,15,17H2,1H3/b25-23+. The summed E-state index contributed by atoms with van der Waals surface area (Å²) in [4.78, 5) is 28.1. The molecule has 1 atom stereocenters. The number of ether oxygens (including phenoxy) is 1. The van der Waals surface area contributed by atoms with Crippen molar-refractivity contribution in [1.82, 2.24) is 10.2 Å². The van der Waals surface area contributed by atoms with Gasteiger partial charge in [-0.05, 0) is 35.7 Å². The van der Waals surface area contributed by atoms with E-state index in [1.807, 2.05) is 43.3 Å². The second kappa shape index (κ2) is 12.0. The van der Waals surface area contributed by atoms with E-state index in [9.17, 15) is 14.7 Å². The zero-order valence-corrected chi connectivity index (χ0v) is 23.3. The Morgan fingerprint density at radius 2 is 1.82 bits per heavy atom. The zero-order valence-electron chi connectivity index (χ0n) is 20.9. The second-order valence-corrected chi connectivity index (χ2v) is 11.3. The van der Waals surface area contributed by atoms with Crippen molar-refractivity contribution < 1.29 is 19.4 Å². The number of thioether (sulfide) groups is 1. The second-order valence-electron chi connectivity index (χ2n) is 8.69. The van der Waals surface area contributed by atoms with Gasteiger partial charge in [0.25, 0.3) is 5.78 Å². The van der Waals surface area contributed by atoms with Crippen molar-refractivity contribution in [2.75, 3.05) is 11.5 Å². The minimum Gasteiger partial charge on any atom is -0.507 e. The Hall–Kier alpha value is -3.66. The fourth-order valence-electron chi connectivity index (χ4n) is 4.20. The number of anilines is 1. The first-order chi connectivity index (χ1) is 19.0. The normalized spacial score (nSPS) is 16.6. The summed E-state index contributed by atoms with van der Waals surface area (Å²) in [5.41, 5.74) is 1.99. The van der Waals surface area contributed by atoms with Crippen molar-refractivity contribution in [3.05, 3.63) is 106 Å². The van der Waals surface area contributed by atoms with Gasteiger partial charge in [0.15, 0.2) is 4.34 Å². The predicted molar refractivity (Wildman–Crippen MR) is 154 cm³/mol. The van der Waals surface area contributed by atoms with E-state index in [0.29, 0.717) is 38.6 Å². The van der Waals surface area contributed by atoms with E-state index in [2.05, 4.69) is 10.2 Å². The molecule has 5 rings (SSSR count). The highest BCUT2D eigenvalue weighted by Gasteiger charge is 2.48. The highest BCUT2D eigenvalue weighted by Crippen LogP contribution is 2.44. The lowest BCUT2D eigenvalue weighted by Gasteiger charge is -2.23. The molecular weight excluding hydrogens is 554 g/mol. The van der Waals surface area contributed by atoms with Crippen molar-refractivity contribution in [3.63, 3.8) is 0 Å². The number of hydrogen-bond donors (Lipinski definition) is 1. The molecule has 1 aliphatic heterocycles. The molecule has 198 valence electrons. The third-order valence-electron chi connectivity index (χ3n) is 6.05. The van der Waals surface area contributed by atoms with Gasteiger partial charge in [0.2, 0.25) is 5.13 Å². The van der Waals surface area contributed by atoms with Gasteiger partial charge in [-0.1, -0.05) is 102 Å². The van der Waals surface area contributed by atoms with Crippen LogP contribution in [0, 0.1) is 0 Å². The molecule has 2 heterocycles. The Balaban J connectivity index is 1.54. The number of nitrogens with zero attached hydrogens (tertiary/aromatic N) is 3. The van der Waals surface area contributed by atoms with Gasteiger partial charge >= 0.3 is 5.91 Å². The monoisotopic (exact) mass is 577 g/mol. The lowest BCUT2D eigenvalue weighted by molar-refractivity contribution is -0.132. The number of halogens is 1. The van der Waals surface area contributed by atoms with Crippen molar-refractivity contribution in [3.8, 4) is 5.75 Å². The summed E-state index contributed by atoms with van der Waals surface area (Å²) in [5, 5.41) is 20.7. The predicted octanol–water partition coefficient (Wildman–Crippen LogP) is 6.90. The van der Waals surface area contributed by atoms with Gasteiger partial charge in [0, 0.05) is 16.3 Å². The van der Waals surface area contributed by atoms with E-state index in [1.165, 1.54) is 28.0 Å². The Kier molecular flexibility index (Phi) is 8.30. The first-order valence-electron chi connectivity index (χ1n) is 12.3. The minimum absolute atomic E-state index is 0.0145. The van der Waals surface area contributed by atoms with Crippen LogP contribution in [-0.4, -0.2) is 33.6 Å². The van der Waals surface area contributed by atoms with Gasteiger partial charge in [-0.2, -0.15) is 0 Å². The molecule has 0 spiro atoms. The molecule has 0 bridgehead atoms. The number of Topliss-reactive ketones (excluding diaryl/α,β-unsaturated/α-hetero) is 1. The number of rotatable bonds is 9. The van der Waals surface area contributed by atoms with Crippen LogP contribution in [0.25, 0.3) is 5.76 Å². The molecule has 10 heteroatoms. The molecule has 1 aliphatic rings. The van der Waals surface area contributed by atoms with Gasteiger partial charge in [-0.15, -0.1) is 10.2 Å². The summed E-state index contributed by atoms with van der Waals surface area (Å²) in [7, 11) is 0. The summed E-state index contributed by atoms with van der Waals surface area (Å²) in [5.74, 6) is -0.647. The highest BCUT2D eigenvalue weighted by molar-refractivity contribution is 8.00. The third-order valence-corrected chi connectivity index (χ3v) is 8.52. The molecule has 1 fully saturated rings. The molecule has 1 amide bonds. The SMILES string of the molecule is CCCOc1cccc(C2/C(=C(\O)c3ccccc3)C(=O)C(=O)N2c2nnc(SCc3ccccc3Cl)s2)c1. The maximum absolute atomic E-state index is 13.4. The topological polar surface area (TPSA) is 92.6 Å². The number of hydrogen-bond acceptors (Lipinski definition) is 8. The molecule has 1 aromatic heterocycles. The quantitative estimate of drug-likeness (QED) is 0.0760. The summed E-state index contributed by atoms with van der Waals surface area (Å²) >= 11 is 8.93. The van der Waals surface area contributed by atoms with Crippen LogP contribution in [0.5, 0.6) is 5.75 Å². The average molecular weight is 578 g/mol. The fourth-order valence-corrected chi connectivity index (χ4v) is 6.36. The Bertz CT molecular complexity index is 1540. The maximum atomic E-state index is 13.4. The largest absolute Gasteiger partial charge is 0.507 e. The number of carbonyl (C=O) groups is 2. The number of amides is 1. The lowest BCUT2D eigenvalue weighted by Crippen LogP contribution is -2.29. The molecule has 3 aromatic carbocycles. The first kappa shape index (κ1) is 26.9. The Labute approximate surface area is 239 Å². The van der Waals surface area contributed by atoms with E-state index in [4.69, 9.17) is 16.3 Å². The smallest absolute Gasteiger partial charge is 0.301 e. The van der Waals surface area contributed by atoms with Crippen LogP contribution in [0.2, 0.25) is 5.02 Å². The molecule has 1 N–H and O–H groups in total. The van der Waals surface area contributed by atoms with Crippen LogP contribution >= 0.6 is 34.7 Å². The van der Waals surface area contributed by atoms with E-state index in [-0.39, 0.29) is 16.5 Å².